The number of fused-ring (bicyclic) bond motifs is 1. The van der Waals surface area contributed by atoms with Crippen molar-refractivity contribution in [3.63, 3.8) is 0 Å². The van der Waals surface area contributed by atoms with Crippen LogP contribution in [0.1, 0.15) is 17.3 Å². The summed E-state index contributed by atoms with van der Waals surface area (Å²) in [5.74, 6) is 3.56. The Morgan fingerprint density at radius 1 is 1.13 bits per heavy atom. The molecule has 0 aliphatic carbocycles. The molecule has 0 atom stereocenters. The van der Waals surface area contributed by atoms with Gasteiger partial charge in [-0.2, -0.15) is 0 Å². The lowest BCUT2D eigenvalue weighted by molar-refractivity contribution is 0.355. The molecule has 30 heavy (non-hydrogen) atoms. The van der Waals surface area contributed by atoms with Crippen molar-refractivity contribution in [1.29, 1.82) is 0 Å². The number of aryl methyl sites for hydroxylation is 3. The number of oxazole rings is 1. The second-order valence-corrected chi connectivity index (χ2v) is 7.60. The van der Waals surface area contributed by atoms with Crippen LogP contribution >= 0.6 is 11.8 Å². The van der Waals surface area contributed by atoms with Crippen molar-refractivity contribution in [1.82, 2.24) is 24.5 Å². The van der Waals surface area contributed by atoms with Crippen LogP contribution in [0, 0.1) is 13.8 Å². The van der Waals surface area contributed by atoms with E-state index in [1.54, 1.807) is 21.1 Å². The highest BCUT2D eigenvalue weighted by Gasteiger charge is 2.17. The third-order valence-corrected chi connectivity index (χ3v) is 5.71. The summed E-state index contributed by atoms with van der Waals surface area (Å²) in [6.45, 7) is 3.62. The molecular formula is C20H21N5O4S. The first-order valence-corrected chi connectivity index (χ1v) is 10.1. The fraction of sp³-hybridized carbons (Fsp3) is 0.300. The molecule has 0 amide bonds. The maximum absolute atomic E-state index is 12.1. The van der Waals surface area contributed by atoms with Crippen LogP contribution in [0.25, 0.3) is 22.6 Å². The van der Waals surface area contributed by atoms with Gasteiger partial charge in [0.05, 0.1) is 19.9 Å². The van der Waals surface area contributed by atoms with Crippen LogP contribution in [0.4, 0.5) is 0 Å². The molecule has 4 rings (SSSR count). The molecular weight excluding hydrogens is 406 g/mol. The van der Waals surface area contributed by atoms with E-state index in [0.717, 1.165) is 17.0 Å². The lowest BCUT2D eigenvalue weighted by Gasteiger charge is -2.07. The molecule has 0 bridgehead atoms. The highest BCUT2D eigenvalue weighted by molar-refractivity contribution is 7.98. The molecule has 0 spiro atoms. The minimum absolute atomic E-state index is 0.242. The van der Waals surface area contributed by atoms with Gasteiger partial charge in [0.25, 0.3) is 5.56 Å². The van der Waals surface area contributed by atoms with Crippen molar-refractivity contribution >= 4 is 22.9 Å². The molecule has 156 valence electrons. The van der Waals surface area contributed by atoms with Gasteiger partial charge in [0.15, 0.2) is 27.8 Å². The first kappa shape index (κ1) is 20.0. The first-order valence-electron chi connectivity index (χ1n) is 9.16. The number of imidazole rings is 1. The van der Waals surface area contributed by atoms with Gasteiger partial charge in [0, 0.05) is 18.4 Å². The minimum atomic E-state index is -0.242. The van der Waals surface area contributed by atoms with E-state index >= 15 is 0 Å². The zero-order valence-corrected chi connectivity index (χ0v) is 18.1. The average Bonchev–Trinajstić information content (AvgIpc) is 3.26. The summed E-state index contributed by atoms with van der Waals surface area (Å²) < 4.78 is 18.3. The number of aromatic nitrogens is 5. The molecule has 0 saturated heterocycles. The molecule has 1 aromatic carbocycles. The Hall–Kier alpha value is -3.27. The Bertz CT molecular complexity index is 1290. The number of aromatic amines is 1. The van der Waals surface area contributed by atoms with E-state index in [0.29, 0.717) is 45.3 Å². The molecule has 10 heteroatoms. The molecule has 0 radical (unpaired) electrons. The van der Waals surface area contributed by atoms with Crippen molar-refractivity contribution in [2.45, 2.75) is 24.8 Å². The van der Waals surface area contributed by atoms with Gasteiger partial charge in [-0.3, -0.25) is 4.79 Å². The van der Waals surface area contributed by atoms with E-state index in [-0.39, 0.29) is 5.56 Å². The Kier molecular flexibility index (Phi) is 5.25. The van der Waals surface area contributed by atoms with Gasteiger partial charge < -0.3 is 23.4 Å². The third-order valence-electron chi connectivity index (χ3n) is 4.67. The van der Waals surface area contributed by atoms with Crippen LogP contribution in [0.2, 0.25) is 0 Å². The van der Waals surface area contributed by atoms with Crippen molar-refractivity contribution in [2.24, 2.45) is 7.05 Å². The monoisotopic (exact) mass is 427 g/mol. The fourth-order valence-corrected chi connectivity index (χ4v) is 4.05. The molecule has 9 nitrogen and oxygen atoms in total. The Morgan fingerprint density at radius 2 is 1.90 bits per heavy atom. The summed E-state index contributed by atoms with van der Waals surface area (Å²) in [6, 6.07) is 5.51. The summed E-state index contributed by atoms with van der Waals surface area (Å²) >= 11 is 1.47. The Labute approximate surface area is 176 Å². The van der Waals surface area contributed by atoms with E-state index in [9.17, 15) is 4.79 Å². The summed E-state index contributed by atoms with van der Waals surface area (Å²) in [4.78, 5) is 28.3. The number of rotatable bonds is 6. The maximum Gasteiger partial charge on any atom is 0.279 e. The summed E-state index contributed by atoms with van der Waals surface area (Å²) in [5.41, 5.74) is 2.24. The first-order chi connectivity index (χ1) is 14.4. The van der Waals surface area contributed by atoms with Gasteiger partial charge in [-0.15, -0.1) is 0 Å². The molecule has 0 fully saturated rings. The quantitative estimate of drug-likeness (QED) is 0.467. The van der Waals surface area contributed by atoms with E-state index < -0.39 is 0 Å². The van der Waals surface area contributed by atoms with E-state index in [1.165, 1.54) is 11.8 Å². The SMILES string of the molecule is COc1ccc(-c2nc(CSc3nc4c(=O)[nH]c(C)nc4n3C)c(C)o2)cc1OC. The number of thioether (sulfide) groups is 1. The number of methoxy groups -OCH3 is 2. The largest absolute Gasteiger partial charge is 0.493 e. The lowest BCUT2D eigenvalue weighted by Crippen LogP contribution is -2.10. The minimum Gasteiger partial charge on any atom is -0.493 e. The number of nitrogens with one attached hydrogen (secondary N) is 1. The molecule has 0 unspecified atom stereocenters. The van der Waals surface area contributed by atoms with Crippen molar-refractivity contribution in [3.05, 3.63) is 45.8 Å². The second-order valence-electron chi connectivity index (χ2n) is 6.66. The zero-order chi connectivity index (χ0) is 21.4. The van der Waals surface area contributed by atoms with Crippen LogP contribution in [-0.4, -0.2) is 38.7 Å². The molecule has 0 aliphatic heterocycles. The number of hydrogen-bond acceptors (Lipinski definition) is 8. The lowest BCUT2D eigenvalue weighted by atomic mass is 10.2. The molecule has 1 N–H and O–H groups in total. The van der Waals surface area contributed by atoms with Gasteiger partial charge in [-0.25, -0.2) is 15.0 Å². The highest BCUT2D eigenvalue weighted by Crippen LogP contribution is 2.33. The van der Waals surface area contributed by atoms with Gasteiger partial charge in [0.1, 0.15) is 11.6 Å². The fourth-order valence-electron chi connectivity index (χ4n) is 3.08. The van der Waals surface area contributed by atoms with Crippen LogP contribution in [0.5, 0.6) is 11.5 Å². The van der Waals surface area contributed by atoms with Crippen LogP contribution in [-0.2, 0) is 12.8 Å². The summed E-state index contributed by atoms with van der Waals surface area (Å²) in [5, 5.41) is 0.684. The topological polar surface area (TPSA) is 108 Å². The smallest absolute Gasteiger partial charge is 0.279 e. The number of ether oxygens (including phenoxy) is 2. The van der Waals surface area contributed by atoms with E-state index in [2.05, 4.69) is 19.9 Å². The molecule has 0 aliphatic rings. The molecule has 4 aromatic rings. The van der Waals surface area contributed by atoms with Gasteiger partial charge in [0.2, 0.25) is 5.89 Å². The normalized spacial score (nSPS) is 11.2. The van der Waals surface area contributed by atoms with Crippen LogP contribution < -0.4 is 15.0 Å². The van der Waals surface area contributed by atoms with E-state index in [1.807, 2.05) is 36.7 Å². The summed E-state index contributed by atoms with van der Waals surface area (Å²) in [6.07, 6.45) is 0. The molecule has 3 heterocycles. The van der Waals surface area contributed by atoms with Crippen molar-refractivity contribution in [2.75, 3.05) is 14.2 Å². The van der Waals surface area contributed by atoms with Crippen molar-refractivity contribution < 1.29 is 13.9 Å². The van der Waals surface area contributed by atoms with Crippen LogP contribution in [0.3, 0.4) is 0 Å². The average molecular weight is 427 g/mol. The van der Waals surface area contributed by atoms with E-state index in [4.69, 9.17) is 13.9 Å². The number of benzene rings is 1. The van der Waals surface area contributed by atoms with Gasteiger partial charge in [-0.1, -0.05) is 11.8 Å². The maximum atomic E-state index is 12.1. The highest BCUT2D eigenvalue weighted by atomic mass is 32.2. The summed E-state index contributed by atoms with van der Waals surface area (Å²) in [7, 11) is 5.02. The molecule has 3 aromatic heterocycles. The second kappa shape index (κ2) is 7.86. The number of H-pyrrole nitrogens is 1. The van der Waals surface area contributed by atoms with Gasteiger partial charge >= 0.3 is 0 Å². The Balaban J connectivity index is 1.60. The number of nitrogens with zero attached hydrogens (tertiary/aromatic N) is 4. The standard InChI is InChI=1S/C20H21N5O4S/c1-10-13(23-19(29-10)12-6-7-14(27-4)15(8-12)28-5)9-30-20-24-16-17(25(20)3)21-11(2)22-18(16)26/h6-8H,9H2,1-5H3,(H,21,22,26). The van der Waals surface area contributed by atoms with Crippen LogP contribution in [0.15, 0.2) is 32.6 Å². The third kappa shape index (κ3) is 3.54. The Morgan fingerprint density at radius 3 is 2.63 bits per heavy atom. The zero-order valence-electron chi connectivity index (χ0n) is 17.3. The predicted octanol–water partition coefficient (Wildman–Crippen LogP) is 3.24. The van der Waals surface area contributed by atoms with Gasteiger partial charge in [-0.05, 0) is 32.0 Å². The number of hydrogen-bond donors (Lipinski definition) is 1. The predicted molar refractivity (Wildman–Crippen MR) is 113 cm³/mol. The van der Waals surface area contributed by atoms with Crippen molar-refractivity contribution in [3.8, 4) is 23.0 Å². The molecule has 0 saturated carbocycles.